The number of pyridine rings is 1. The molecule has 2 unspecified atom stereocenters. The van der Waals surface area contributed by atoms with Crippen molar-refractivity contribution < 1.29 is 13.5 Å². The third-order valence-corrected chi connectivity index (χ3v) is 4.26. The highest BCUT2D eigenvalue weighted by molar-refractivity contribution is 5.50. The Labute approximate surface area is 123 Å². The van der Waals surface area contributed by atoms with Gasteiger partial charge in [-0.1, -0.05) is 12.8 Å². The lowest BCUT2D eigenvalue weighted by molar-refractivity contribution is -0.00924. The minimum Gasteiger partial charge on any atom is -0.374 e. The van der Waals surface area contributed by atoms with E-state index in [9.17, 15) is 8.78 Å². The molecule has 2 atom stereocenters. The monoisotopic (exact) mass is 297 g/mol. The van der Waals surface area contributed by atoms with Gasteiger partial charge >= 0.3 is 0 Å². The molecule has 1 aromatic rings. The van der Waals surface area contributed by atoms with Crippen molar-refractivity contribution in [2.45, 2.75) is 44.8 Å². The van der Waals surface area contributed by atoms with Crippen molar-refractivity contribution in [3.63, 3.8) is 0 Å². The van der Waals surface area contributed by atoms with Crippen LogP contribution in [0.15, 0.2) is 6.07 Å². The number of morpholine rings is 1. The highest BCUT2D eigenvalue weighted by atomic mass is 19.1. The van der Waals surface area contributed by atoms with Crippen LogP contribution in [-0.2, 0) is 4.74 Å². The molecule has 1 N–H and O–H groups in total. The fourth-order valence-electron chi connectivity index (χ4n) is 3.31. The van der Waals surface area contributed by atoms with Crippen molar-refractivity contribution in [1.29, 1.82) is 0 Å². The van der Waals surface area contributed by atoms with E-state index in [1.165, 1.54) is 0 Å². The molecule has 0 radical (unpaired) electrons. The summed E-state index contributed by atoms with van der Waals surface area (Å²) >= 11 is 0. The number of ether oxygens (including phenoxy) is 1. The first-order valence-corrected chi connectivity index (χ1v) is 7.69. The van der Waals surface area contributed by atoms with E-state index in [4.69, 9.17) is 4.74 Å². The lowest BCUT2D eigenvalue weighted by atomic mass is 9.90. The summed E-state index contributed by atoms with van der Waals surface area (Å²) in [6, 6.07) is 1.07. The summed E-state index contributed by atoms with van der Waals surface area (Å²) in [5.41, 5.74) is 0. The third-order valence-electron chi connectivity index (χ3n) is 4.26. The van der Waals surface area contributed by atoms with Gasteiger partial charge in [-0.05, 0) is 19.8 Å². The van der Waals surface area contributed by atoms with E-state index in [2.05, 4.69) is 10.3 Å². The predicted molar refractivity (Wildman–Crippen MR) is 77.7 cm³/mol. The number of fused-ring (bicyclic) bond motifs is 1. The number of hydrogen-bond donors (Lipinski definition) is 1. The molecule has 21 heavy (non-hydrogen) atoms. The molecular formula is C15H21F2N3O. The van der Waals surface area contributed by atoms with Crippen molar-refractivity contribution in [2.75, 3.05) is 29.9 Å². The maximum Gasteiger partial charge on any atom is 0.168 e. The van der Waals surface area contributed by atoms with E-state index in [1.807, 2.05) is 11.8 Å². The van der Waals surface area contributed by atoms with Crippen molar-refractivity contribution >= 4 is 11.6 Å². The molecule has 1 saturated carbocycles. The van der Waals surface area contributed by atoms with Gasteiger partial charge in [0.1, 0.15) is 0 Å². The molecule has 2 aliphatic rings. The summed E-state index contributed by atoms with van der Waals surface area (Å²) in [4.78, 5) is 6.15. The summed E-state index contributed by atoms with van der Waals surface area (Å²) in [7, 11) is 0. The number of anilines is 2. The predicted octanol–water partition coefficient (Wildman–Crippen LogP) is 2.94. The second-order valence-corrected chi connectivity index (χ2v) is 5.61. The Kier molecular flexibility index (Phi) is 4.24. The Morgan fingerprint density at radius 2 is 2.14 bits per heavy atom. The van der Waals surface area contributed by atoms with Crippen molar-refractivity contribution in [2.24, 2.45) is 0 Å². The van der Waals surface area contributed by atoms with Crippen LogP contribution in [0.2, 0.25) is 0 Å². The summed E-state index contributed by atoms with van der Waals surface area (Å²) in [6.07, 6.45) is 4.38. The van der Waals surface area contributed by atoms with Crippen LogP contribution >= 0.6 is 0 Å². The summed E-state index contributed by atoms with van der Waals surface area (Å²) in [6.45, 7) is 3.57. The molecule has 0 amide bonds. The first-order valence-electron chi connectivity index (χ1n) is 7.69. The average Bonchev–Trinajstić information content (AvgIpc) is 2.50. The van der Waals surface area contributed by atoms with Gasteiger partial charge in [0, 0.05) is 19.2 Å². The maximum atomic E-state index is 14.2. The van der Waals surface area contributed by atoms with Crippen LogP contribution in [0.25, 0.3) is 0 Å². The van der Waals surface area contributed by atoms with Gasteiger partial charge in [0.25, 0.3) is 0 Å². The van der Waals surface area contributed by atoms with Gasteiger partial charge in [0.05, 0.1) is 18.8 Å². The molecule has 1 aliphatic carbocycles. The first kappa shape index (κ1) is 14.5. The number of rotatable bonds is 3. The average molecular weight is 297 g/mol. The molecule has 2 heterocycles. The Hall–Kier alpha value is -1.43. The topological polar surface area (TPSA) is 37.4 Å². The fraction of sp³-hybridized carbons (Fsp3) is 0.667. The molecule has 0 aromatic carbocycles. The highest BCUT2D eigenvalue weighted by Crippen LogP contribution is 2.33. The molecule has 1 saturated heterocycles. The van der Waals surface area contributed by atoms with E-state index in [0.29, 0.717) is 19.7 Å². The summed E-state index contributed by atoms with van der Waals surface area (Å²) in [5, 5.41) is 2.84. The molecule has 1 aliphatic heterocycles. The van der Waals surface area contributed by atoms with Gasteiger partial charge < -0.3 is 15.0 Å². The first-order chi connectivity index (χ1) is 10.2. The van der Waals surface area contributed by atoms with E-state index in [0.717, 1.165) is 31.7 Å². The van der Waals surface area contributed by atoms with Gasteiger partial charge in [-0.15, -0.1) is 0 Å². The van der Waals surface area contributed by atoms with Crippen LogP contribution in [0.4, 0.5) is 20.4 Å². The zero-order valence-corrected chi connectivity index (χ0v) is 12.2. The smallest absolute Gasteiger partial charge is 0.168 e. The number of nitrogens with zero attached hydrogens (tertiary/aromatic N) is 2. The summed E-state index contributed by atoms with van der Waals surface area (Å²) < 4.78 is 33.7. The van der Waals surface area contributed by atoms with Gasteiger partial charge in [0.15, 0.2) is 23.3 Å². The Morgan fingerprint density at radius 3 is 2.95 bits per heavy atom. The van der Waals surface area contributed by atoms with Crippen LogP contribution < -0.4 is 10.2 Å². The van der Waals surface area contributed by atoms with Crippen LogP contribution in [0.5, 0.6) is 0 Å². The Balaban J connectivity index is 1.92. The van der Waals surface area contributed by atoms with Gasteiger partial charge in [-0.2, -0.15) is 0 Å². The molecule has 1 aromatic heterocycles. The lowest BCUT2D eigenvalue weighted by Crippen LogP contribution is -2.53. The number of nitrogens with one attached hydrogen (secondary N) is 1. The zero-order valence-electron chi connectivity index (χ0n) is 12.2. The molecule has 0 spiro atoms. The van der Waals surface area contributed by atoms with Crippen LogP contribution in [0.1, 0.15) is 32.6 Å². The van der Waals surface area contributed by atoms with Crippen molar-refractivity contribution in [1.82, 2.24) is 4.98 Å². The Morgan fingerprint density at radius 1 is 1.33 bits per heavy atom. The SMILES string of the molecule is CCNc1nc(N2CCOC3CCCCC32)c(F)cc1F. The number of halogens is 2. The second-order valence-electron chi connectivity index (χ2n) is 5.61. The number of aromatic nitrogens is 1. The fourth-order valence-corrected chi connectivity index (χ4v) is 3.31. The third kappa shape index (κ3) is 2.81. The van der Waals surface area contributed by atoms with Crippen LogP contribution in [-0.4, -0.2) is 36.8 Å². The quantitative estimate of drug-likeness (QED) is 0.931. The van der Waals surface area contributed by atoms with E-state index in [-0.39, 0.29) is 23.8 Å². The highest BCUT2D eigenvalue weighted by Gasteiger charge is 2.36. The van der Waals surface area contributed by atoms with E-state index < -0.39 is 11.6 Å². The largest absolute Gasteiger partial charge is 0.374 e. The molecular weight excluding hydrogens is 276 g/mol. The molecule has 0 bridgehead atoms. The van der Waals surface area contributed by atoms with E-state index >= 15 is 0 Å². The molecule has 116 valence electrons. The summed E-state index contributed by atoms with van der Waals surface area (Å²) in [5.74, 6) is -0.882. The normalized spacial score (nSPS) is 25.6. The molecule has 3 rings (SSSR count). The second kappa shape index (κ2) is 6.13. The minimum atomic E-state index is -0.647. The Bertz CT molecular complexity index is 510. The standard InChI is InChI=1S/C15H21F2N3O/c1-2-18-14-10(16)9-11(17)15(19-14)20-7-8-21-13-6-4-3-5-12(13)20/h9,12-13H,2-8H2,1H3,(H,18,19). The van der Waals surface area contributed by atoms with Crippen molar-refractivity contribution in [3.8, 4) is 0 Å². The number of hydrogen-bond acceptors (Lipinski definition) is 4. The van der Waals surface area contributed by atoms with Gasteiger partial charge in [-0.25, -0.2) is 13.8 Å². The molecule has 2 fully saturated rings. The van der Waals surface area contributed by atoms with Crippen LogP contribution in [0.3, 0.4) is 0 Å². The zero-order chi connectivity index (χ0) is 14.8. The maximum absolute atomic E-state index is 14.2. The van der Waals surface area contributed by atoms with Crippen molar-refractivity contribution in [3.05, 3.63) is 17.7 Å². The van der Waals surface area contributed by atoms with Crippen LogP contribution in [0, 0.1) is 11.6 Å². The molecule has 6 heteroatoms. The van der Waals surface area contributed by atoms with E-state index in [1.54, 1.807) is 0 Å². The molecule has 4 nitrogen and oxygen atoms in total. The van der Waals surface area contributed by atoms with Gasteiger partial charge in [0.2, 0.25) is 0 Å². The lowest BCUT2D eigenvalue weighted by Gasteiger charge is -2.44. The minimum absolute atomic E-state index is 0.118. The van der Waals surface area contributed by atoms with Gasteiger partial charge in [-0.3, -0.25) is 0 Å².